The van der Waals surface area contributed by atoms with Gasteiger partial charge in [-0.2, -0.15) is 0 Å². The molecule has 1 atom stereocenters. The molecule has 0 radical (unpaired) electrons. The molecule has 2 fully saturated rings. The van der Waals surface area contributed by atoms with Crippen molar-refractivity contribution in [3.63, 3.8) is 0 Å². The molecule has 5 nitrogen and oxygen atoms in total. The number of carbonyl (C=O) groups is 2. The minimum atomic E-state index is -0.511. The monoisotopic (exact) mass is 365 g/mol. The summed E-state index contributed by atoms with van der Waals surface area (Å²) in [5.74, 6) is 0.227. The quantitative estimate of drug-likeness (QED) is 0.843. The number of H-pyrrole nitrogens is 1. The van der Waals surface area contributed by atoms with Crippen LogP contribution in [0.3, 0.4) is 0 Å². The van der Waals surface area contributed by atoms with Crippen molar-refractivity contribution in [3.8, 4) is 0 Å². The first kappa shape index (κ1) is 16.8. The Labute approximate surface area is 159 Å². The molecule has 1 N–H and O–H groups in total. The van der Waals surface area contributed by atoms with Crippen LogP contribution in [-0.2, 0) is 21.5 Å². The van der Waals surface area contributed by atoms with E-state index in [1.54, 1.807) is 0 Å². The number of hydrogen-bond acceptors (Lipinski definition) is 2. The lowest BCUT2D eigenvalue weighted by Crippen LogP contribution is -2.68. The number of amides is 2. The van der Waals surface area contributed by atoms with Crippen molar-refractivity contribution in [2.24, 2.45) is 0 Å². The van der Waals surface area contributed by atoms with Crippen LogP contribution in [0.15, 0.2) is 24.3 Å². The lowest BCUT2D eigenvalue weighted by molar-refractivity contribution is -0.166. The summed E-state index contributed by atoms with van der Waals surface area (Å²) >= 11 is 0. The summed E-state index contributed by atoms with van der Waals surface area (Å²) in [5.41, 5.74) is 2.85. The van der Waals surface area contributed by atoms with Crippen molar-refractivity contribution in [2.75, 3.05) is 6.54 Å². The molecule has 1 aromatic carbocycles. The van der Waals surface area contributed by atoms with Gasteiger partial charge in [0.2, 0.25) is 11.8 Å². The van der Waals surface area contributed by atoms with E-state index >= 15 is 0 Å². The average molecular weight is 365 g/mol. The predicted octanol–water partition coefficient (Wildman–Crippen LogP) is 3.33. The van der Waals surface area contributed by atoms with Gasteiger partial charge in [0.05, 0.1) is 5.54 Å². The number of benzene rings is 1. The molecule has 3 heterocycles. The minimum Gasteiger partial charge on any atom is -0.356 e. The van der Waals surface area contributed by atoms with E-state index in [2.05, 4.69) is 31.0 Å². The Balaban J connectivity index is 1.58. The molecule has 27 heavy (non-hydrogen) atoms. The topological polar surface area (TPSA) is 56.4 Å². The zero-order valence-corrected chi connectivity index (χ0v) is 16.1. The number of nitrogens with one attached hydrogen (secondary N) is 1. The third-order valence-electron chi connectivity index (χ3n) is 6.89. The molecule has 1 aliphatic carbocycles. The second-order valence-corrected chi connectivity index (χ2v) is 8.82. The number of nitrogens with zero attached hydrogens (tertiary/aromatic N) is 2. The van der Waals surface area contributed by atoms with E-state index in [-0.39, 0.29) is 30.4 Å². The number of hydrogen-bond donors (Lipinski definition) is 1. The number of rotatable bonds is 1. The zero-order chi connectivity index (χ0) is 18.8. The fourth-order valence-electron chi connectivity index (χ4n) is 5.61. The Morgan fingerprint density at radius 2 is 1.81 bits per heavy atom. The summed E-state index contributed by atoms with van der Waals surface area (Å²) in [6.07, 6.45) is 6.25. The number of piperazine rings is 1. The average Bonchev–Trinajstić information content (AvgIpc) is 3.05. The first-order valence-corrected chi connectivity index (χ1v) is 10.2. The summed E-state index contributed by atoms with van der Waals surface area (Å²) in [4.78, 5) is 34.0. The second kappa shape index (κ2) is 5.85. The number of aromatic amines is 1. The van der Waals surface area contributed by atoms with Gasteiger partial charge in [-0.3, -0.25) is 9.59 Å². The van der Waals surface area contributed by atoms with E-state index in [1.807, 2.05) is 21.9 Å². The van der Waals surface area contributed by atoms with Gasteiger partial charge in [-0.25, -0.2) is 0 Å². The summed E-state index contributed by atoms with van der Waals surface area (Å²) in [6.45, 7) is 4.36. The van der Waals surface area contributed by atoms with Crippen LogP contribution in [-0.4, -0.2) is 45.2 Å². The molecule has 5 heteroatoms. The highest BCUT2D eigenvalue weighted by Crippen LogP contribution is 2.43. The van der Waals surface area contributed by atoms with Crippen LogP contribution >= 0.6 is 0 Å². The fourth-order valence-corrected chi connectivity index (χ4v) is 5.61. The van der Waals surface area contributed by atoms with Gasteiger partial charge >= 0.3 is 0 Å². The Morgan fingerprint density at radius 1 is 1.07 bits per heavy atom. The largest absolute Gasteiger partial charge is 0.356 e. The van der Waals surface area contributed by atoms with E-state index in [0.717, 1.165) is 36.9 Å². The Hall–Kier alpha value is -2.30. The lowest BCUT2D eigenvalue weighted by Gasteiger charge is -2.52. The molecule has 0 spiro atoms. The van der Waals surface area contributed by atoms with Crippen LogP contribution in [0, 0.1) is 0 Å². The van der Waals surface area contributed by atoms with Crippen LogP contribution in [0.25, 0.3) is 10.9 Å². The van der Waals surface area contributed by atoms with Crippen LogP contribution in [0.5, 0.6) is 0 Å². The van der Waals surface area contributed by atoms with Gasteiger partial charge in [0.1, 0.15) is 12.6 Å². The van der Waals surface area contributed by atoms with E-state index in [9.17, 15) is 9.59 Å². The molecule has 3 aliphatic rings. The zero-order valence-electron chi connectivity index (χ0n) is 16.1. The molecule has 1 aromatic heterocycles. The summed E-state index contributed by atoms with van der Waals surface area (Å²) in [6, 6.07) is 8.11. The normalized spacial score (nSPS) is 25.6. The molecular formula is C22H27N3O2. The number of fused-ring (bicyclic) bond motifs is 4. The van der Waals surface area contributed by atoms with Crippen molar-refractivity contribution >= 4 is 22.7 Å². The highest BCUT2D eigenvalue weighted by molar-refractivity contribution is 5.97. The van der Waals surface area contributed by atoms with Gasteiger partial charge in [0.25, 0.3) is 0 Å². The molecule has 0 bridgehead atoms. The van der Waals surface area contributed by atoms with E-state index in [0.29, 0.717) is 6.42 Å². The maximum atomic E-state index is 13.5. The van der Waals surface area contributed by atoms with E-state index in [4.69, 9.17) is 0 Å². The number of aromatic nitrogens is 1. The molecule has 2 amide bonds. The highest BCUT2D eigenvalue weighted by Gasteiger charge is 2.52. The molecule has 1 unspecified atom stereocenters. The van der Waals surface area contributed by atoms with Gasteiger partial charge in [0, 0.05) is 29.1 Å². The number of carbonyl (C=O) groups excluding carboxylic acids is 2. The molecular weight excluding hydrogens is 338 g/mol. The molecule has 142 valence electrons. The van der Waals surface area contributed by atoms with Crippen molar-refractivity contribution in [1.29, 1.82) is 0 Å². The maximum Gasteiger partial charge on any atom is 0.246 e. The molecule has 2 aliphatic heterocycles. The summed E-state index contributed by atoms with van der Waals surface area (Å²) in [5, 5.41) is 1.18. The first-order chi connectivity index (χ1) is 13.0. The SMILES string of the molecule is CC1(C)c2[nH]c3ccccc3c2CC2C(=O)N(C3CCCCC3)CC(=O)N21. The molecule has 2 aromatic rings. The van der Waals surface area contributed by atoms with Gasteiger partial charge in [-0.1, -0.05) is 37.5 Å². The standard InChI is InChI=1S/C22H27N3O2/c1-22(2)20-16(15-10-6-7-11-17(15)23-20)12-18-21(27)24(13-19(26)25(18)22)14-8-4-3-5-9-14/h6-7,10-11,14,18,23H,3-5,8-9,12-13H2,1-2H3. The second-order valence-electron chi connectivity index (χ2n) is 8.82. The van der Waals surface area contributed by atoms with Gasteiger partial charge in [-0.15, -0.1) is 0 Å². The molecule has 5 rings (SSSR count). The minimum absolute atomic E-state index is 0.0829. The van der Waals surface area contributed by atoms with Gasteiger partial charge in [0.15, 0.2) is 0 Å². The fraction of sp³-hybridized carbons (Fsp3) is 0.545. The van der Waals surface area contributed by atoms with Crippen molar-refractivity contribution in [1.82, 2.24) is 14.8 Å². The van der Waals surface area contributed by atoms with Crippen LogP contribution in [0.1, 0.15) is 57.2 Å². The van der Waals surface area contributed by atoms with Crippen LogP contribution < -0.4 is 0 Å². The Kier molecular flexibility index (Phi) is 3.65. The third-order valence-corrected chi connectivity index (χ3v) is 6.89. The summed E-state index contributed by atoms with van der Waals surface area (Å²) < 4.78 is 0. The predicted molar refractivity (Wildman–Crippen MR) is 104 cm³/mol. The molecule has 1 saturated carbocycles. The number of para-hydroxylation sites is 1. The smallest absolute Gasteiger partial charge is 0.246 e. The summed E-state index contributed by atoms with van der Waals surface area (Å²) in [7, 11) is 0. The lowest BCUT2D eigenvalue weighted by atomic mass is 9.81. The van der Waals surface area contributed by atoms with Crippen molar-refractivity contribution < 1.29 is 9.59 Å². The highest BCUT2D eigenvalue weighted by atomic mass is 16.2. The first-order valence-electron chi connectivity index (χ1n) is 10.2. The maximum absolute atomic E-state index is 13.5. The van der Waals surface area contributed by atoms with Gasteiger partial charge < -0.3 is 14.8 Å². The van der Waals surface area contributed by atoms with Crippen molar-refractivity contribution in [2.45, 2.75) is 70.0 Å². The van der Waals surface area contributed by atoms with Crippen molar-refractivity contribution in [3.05, 3.63) is 35.5 Å². The Morgan fingerprint density at radius 3 is 2.59 bits per heavy atom. The van der Waals surface area contributed by atoms with Crippen LogP contribution in [0.4, 0.5) is 0 Å². The molecule has 1 saturated heterocycles. The van der Waals surface area contributed by atoms with E-state index < -0.39 is 5.54 Å². The third kappa shape index (κ3) is 2.36. The Bertz CT molecular complexity index is 923. The van der Waals surface area contributed by atoms with E-state index in [1.165, 1.54) is 17.4 Å². The van der Waals surface area contributed by atoms with Crippen LogP contribution in [0.2, 0.25) is 0 Å². The van der Waals surface area contributed by atoms with Gasteiger partial charge in [-0.05, 0) is 38.3 Å².